The van der Waals surface area contributed by atoms with Crippen molar-refractivity contribution in [2.45, 2.75) is 19.8 Å². The van der Waals surface area contributed by atoms with Gasteiger partial charge >= 0.3 is 0 Å². The van der Waals surface area contributed by atoms with Gasteiger partial charge in [0.2, 0.25) is 0 Å². The molecule has 1 aromatic heterocycles. The van der Waals surface area contributed by atoms with Crippen molar-refractivity contribution in [3.8, 4) is 5.75 Å². The second kappa shape index (κ2) is 9.20. The van der Waals surface area contributed by atoms with Crippen molar-refractivity contribution < 1.29 is 4.74 Å². The first-order valence-electron chi connectivity index (χ1n) is 7.83. The van der Waals surface area contributed by atoms with Crippen LogP contribution < -0.4 is 15.4 Å². The van der Waals surface area contributed by atoms with Crippen LogP contribution in [0.15, 0.2) is 40.7 Å². The number of aliphatic imine (C=N–C) groups is 1. The minimum atomic E-state index is 0.818. The van der Waals surface area contributed by atoms with Gasteiger partial charge in [-0.3, -0.25) is 4.99 Å². The Morgan fingerprint density at radius 2 is 1.96 bits per heavy atom. The van der Waals surface area contributed by atoms with Crippen molar-refractivity contribution in [2.24, 2.45) is 4.99 Å². The molecule has 0 fully saturated rings. The Morgan fingerprint density at radius 3 is 2.61 bits per heavy atom. The van der Waals surface area contributed by atoms with Crippen molar-refractivity contribution in [1.82, 2.24) is 10.6 Å². The summed E-state index contributed by atoms with van der Waals surface area (Å²) in [5, 5.41) is 8.81. The van der Waals surface area contributed by atoms with E-state index in [9.17, 15) is 0 Å². The Morgan fingerprint density at radius 1 is 1.17 bits per heavy atom. The zero-order valence-electron chi connectivity index (χ0n) is 14.1. The van der Waals surface area contributed by atoms with Crippen molar-refractivity contribution >= 4 is 17.3 Å². The fraction of sp³-hybridized carbons (Fsp3) is 0.389. The van der Waals surface area contributed by atoms with Gasteiger partial charge in [0.1, 0.15) is 5.75 Å². The van der Waals surface area contributed by atoms with Gasteiger partial charge in [0, 0.05) is 25.0 Å². The molecule has 1 aromatic carbocycles. The van der Waals surface area contributed by atoms with Crippen LogP contribution >= 0.6 is 11.3 Å². The maximum atomic E-state index is 5.42. The van der Waals surface area contributed by atoms with E-state index in [-0.39, 0.29) is 0 Å². The number of guanidine groups is 1. The molecule has 2 rings (SSSR count). The van der Waals surface area contributed by atoms with E-state index in [2.05, 4.69) is 52.2 Å². The van der Waals surface area contributed by atoms with E-state index in [0.29, 0.717) is 0 Å². The highest BCUT2D eigenvalue weighted by atomic mass is 32.1. The van der Waals surface area contributed by atoms with Gasteiger partial charge < -0.3 is 15.4 Å². The largest absolute Gasteiger partial charge is 0.496 e. The van der Waals surface area contributed by atoms with Crippen LogP contribution in [0, 0.1) is 6.92 Å². The van der Waals surface area contributed by atoms with Gasteiger partial charge in [-0.25, -0.2) is 0 Å². The van der Waals surface area contributed by atoms with Crippen LogP contribution in [0.3, 0.4) is 0 Å². The molecule has 2 N–H and O–H groups in total. The molecule has 23 heavy (non-hydrogen) atoms. The summed E-state index contributed by atoms with van der Waals surface area (Å²) in [6, 6.07) is 10.5. The molecule has 0 aliphatic carbocycles. The number of hydrogen-bond donors (Lipinski definition) is 2. The van der Waals surface area contributed by atoms with Gasteiger partial charge in [-0.05, 0) is 42.8 Å². The van der Waals surface area contributed by atoms with E-state index in [1.54, 1.807) is 25.5 Å². The third-order valence-electron chi connectivity index (χ3n) is 3.59. The van der Waals surface area contributed by atoms with E-state index < -0.39 is 0 Å². The summed E-state index contributed by atoms with van der Waals surface area (Å²) in [5.74, 6) is 1.78. The first-order valence-corrected chi connectivity index (χ1v) is 8.71. The quantitative estimate of drug-likeness (QED) is 0.605. The van der Waals surface area contributed by atoms with E-state index in [1.807, 2.05) is 6.07 Å². The van der Waals surface area contributed by atoms with Gasteiger partial charge in [-0.2, -0.15) is 0 Å². The normalized spacial score (nSPS) is 11.3. The molecule has 0 saturated heterocycles. The summed E-state index contributed by atoms with van der Waals surface area (Å²) in [4.78, 5) is 5.65. The Bertz CT molecular complexity index is 623. The van der Waals surface area contributed by atoms with Crippen molar-refractivity contribution in [1.29, 1.82) is 0 Å². The van der Waals surface area contributed by atoms with Crippen LogP contribution in [0.25, 0.3) is 0 Å². The molecule has 5 heteroatoms. The zero-order chi connectivity index (χ0) is 16.5. The summed E-state index contributed by atoms with van der Waals surface area (Å²) in [6.45, 7) is 3.80. The number of rotatable bonds is 7. The molecule has 124 valence electrons. The molecule has 0 amide bonds. The molecule has 0 aliphatic heterocycles. The molecule has 0 atom stereocenters. The minimum absolute atomic E-state index is 0.818. The third kappa shape index (κ3) is 5.60. The predicted molar refractivity (Wildman–Crippen MR) is 98.8 cm³/mol. The number of thiophene rings is 1. The minimum Gasteiger partial charge on any atom is -0.496 e. The van der Waals surface area contributed by atoms with E-state index >= 15 is 0 Å². The number of benzene rings is 1. The number of ether oxygens (including phenoxy) is 1. The van der Waals surface area contributed by atoms with Crippen LogP contribution in [0.1, 0.15) is 16.0 Å². The Hall–Kier alpha value is -2.01. The van der Waals surface area contributed by atoms with E-state index in [1.165, 1.54) is 16.0 Å². The SMILES string of the molecule is CN=C(NCCc1cccs1)NCCc1cc(C)ccc1OC. The molecule has 0 radical (unpaired) electrons. The molecule has 0 bridgehead atoms. The molecule has 0 saturated carbocycles. The van der Waals surface area contributed by atoms with Crippen molar-refractivity contribution in [3.05, 3.63) is 51.7 Å². The summed E-state index contributed by atoms with van der Waals surface area (Å²) in [7, 11) is 3.51. The predicted octanol–water partition coefficient (Wildman–Crippen LogP) is 3.02. The summed E-state index contributed by atoms with van der Waals surface area (Å²) < 4.78 is 5.42. The lowest BCUT2D eigenvalue weighted by Crippen LogP contribution is -2.39. The average molecular weight is 331 g/mol. The Kier molecular flexibility index (Phi) is 6.94. The van der Waals surface area contributed by atoms with Gasteiger partial charge in [0.15, 0.2) is 5.96 Å². The zero-order valence-corrected chi connectivity index (χ0v) is 14.9. The van der Waals surface area contributed by atoms with Crippen LogP contribution in [0.4, 0.5) is 0 Å². The highest BCUT2D eigenvalue weighted by Crippen LogP contribution is 2.19. The molecule has 0 spiro atoms. The van der Waals surface area contributed by atoms with Crippen LogP contribution in [0.5, 0.6) is 5.75 Å². The average Bonchev–Trinajstić information content (AvgIpc) is 3.07. The lowest BCUT2D eigenvalue weighted by Gasteiger charge is -2.13. The van der Waals surface area contributed by atoms with Gasteiger partial charge in [0.05, 0.1) is 7.11 Å². The maximum absolute atomic E-state index is 5.42. The van der Waals surface area contributed by atoms with Crippen LogP contribution in [-0.4, -0.2) is 33.2 Å². The summed E-state index contributed by atoms with van der Waals surface area (Å²) >= 11 is 1.79. The molecule has 0 unspecified atom stereocenters. The number of nitrogens with one attached hydrogen (secondary N) is 2. The second-order valence-electron chi connectivity index (χ2n) is 5.32. The highest BCUT2D eigenvalue weighted by molar-refractivity contribution is 7.09. The molecule has 4 nitrogen and oxygen atoms in total. The third-order valence-corrected chi connectivity index (χ3v) is 4.53. The van der Waals surface area contributed by atoms with Crippen molar-refractivity contribution in [2.75, 3.05) is 27.2 Å². The van der Waals surface area contributed by atoms with Gasteiger partial charge in [0.25, 0.3) is 0 Å². The molecular weight excluding hydrogens is 306 g/mol. The van der Waals surface area contributed by atoms with Crippen LogP contribution in [-0.2, 0) is 12.8 Å². The number of hydrogen-bond acceptors (Lipinski definition) is 3. The highest BCUT2D eigenvalue weighted by Gasteiger charge is 2.04. The Balaban J connectivity index is 1.76. The van der Waals surface area contributed by atoms with E-state index in [0.717, 1.165) is 37.6 Å². The number of aryl methyl sites for hydroxylation is 1. The fourth-order valence-corrected chi connectivity index (χ4v) is 3.11. The standard InChI is InChI=1S/C18H25N3OS/c1-14-6-7-17(22-3)15(13-14)8-10-20-18(19-2)21-11-9-16-5-4-12-23-16/h4-7,12-13H,8-11H2,1-3H3,(H2,19,20,21). The maximum Gasteiger partial charge on any atom is 0.190 e. The molecular formula is C18H25N3OS. The molecule has 2 aromatic rings. The molecule has 0 aliphatic rings. The monoisotopic (exact) mass is 331 g/mol. The first-order chi connectivity index (χ1) is 11.2. The lowest BCUT2D eigenvalue weighted by molar-refractivity contribution is 0.409. The number of methoxy groups -OCH3 is 1. The van der Waals surface area contributed by atoms with E-state index in [4.69, 9.17) is 4.74 Å². The molecule has 1 heterocycles. The number of nitrogens with zero attached hydrogens (tertiary/aromatic N) is 1. The van der Waals surface area contributed by atoms with Gasteiger partial charge in [-0.1, -0.05) is 23.8 Å². The first kappa shape index (κ1) is 17.3. The fourth-order valence-electron chi connectivity index (χ4n) is 2.40. The van der Waals surface area contributed by atoms with Crippen molar-refractivity contribution in [3.63, 3.8) is 0 Å². The summed E-state index contributed by atoms with van der Waals surface area (Å²) in [6.07, 6.45) is 1.92. The smallest absolute Gasteiger partial charge is 0.190 e. The summed E-state index contributed by atoms with van der Waals surface area (Å²) in [5.41, 5.74) is 2.47. The topological polar surface area (TPSA) is 45.7 Å². The second-order valence-corrected chi connectivity index (χ2v) is 6.35. The Labute approximate surface area is 142 Å². The van der Waals surface area contributed by atoms with Gasteiger partial charge in [-0.15, -0.1) is 11.3 Å². The lowest BCUT2D eigenvalue weighted by atomic mass is 10.1. The van der Waals surface area contributed by atoms with Crippen LogP contribution in [0.2, 0.25) is 0 Å².